The van der Waals surface area contributed by atoms with Crippen LogP contribution in [0.5, 0.6) is 0 Å². The number of aromatic nitrogens is 4. The Morgan fingerprint density at radius 2 is 1.70 bits per heavy atom. The predicted molar refractivity (Wildman–Crippen MR) is 165 cm³/mol. The van der Waals surface area contributed by atoms with Crippen LogP contribution in [0, 0.1) is 23.7 Å². The number of hydrogen-bond acceptors (Lipinski definition) is 5. The van der Waals surface area contributed by atoms with E-state index >= 15 is 0 Å². The normalized spacial score (nSPS) is 27.3. The summed E-state index contributed by atoms with van der Waals surface area (Å²) in [6.07, 6.45) is 4.22. The standard InChI is InChI=1S/C35H34N6O2/c1-35(2,3)43-34(42)41-29-16-22(29)17-30(41)33-38-25-11-8-20-12-18(6-9-23(20)31(25)40-33)4-5-19-7-10-24-27(13-19)39-32(37-24)28-15-21-14-26(21)36-28/h6-13,21-22,26,28-30,36H,14-17H2,1-3H3,(H,37,39)(H,38,40)/t21?,22-,26?,28+,29-,30+/m1/s1. The molecule has 2 aliphatic carbocycles. The first-order valence-electron chi connectivity index (χ1n) is 15.5. The van der Waals surface area contributed by atoms with Crippen LogP contribution in [0.3, 0.4) is 0 Å². The lowest BCUT2D eigenvalue weighted by Crippen LogP contribution is -2.38. The first-order valence-corrected chi connectivity index (χ1v) is 15.5. The number of imidazole rings is 2. The lowest BCUT2D eigenvalue weighted by atomic mass is 10.1. The molecule has 0 spiro atoms. The van der Waals surface area contributed by atoms with Gasteiger partial charge in [-0.1, -0.05) is 24.0 Å². The van der Waals surface area contributed by atoms with Gasteiger partial charge >= 0.3 is 6.09 Å². The largest absolute Gasteiger partial charge is 0.444 e. The second kappa shape index (κ2) is 8.84. The zero-order valence-electron chi connectivity index (χ0n) is 24.6. The SMILES string of the molecule is CC(C)(C)OC(=O)N1[C@@H]2C[C@@H]2C[C@H]1c1nc2c(ccc3cc(C#Cc4ccc5nc([C@@H]6CC7CC7N6)[nH]c5c4)ccc32)[nH]1. The Kier molecular flexibility index (Phi) is 5.17. The summed E-state index contributed by atoms with van der Waals surface area (Å²) in [4.78, 5) is 31.9. The molecule has 4 fully saturated rings. The maximum atomic E-state index is 13.1. The number of H-pyrrole nitrogens is 2. The molecule has 8 nitrogen and oxygen atoms in total. The summed E-state index contributed by atoms with van der Waals surface area (Å²) in [6, 6.07) is 17.9. The van der Waals surface area contributed by atoms with E-state index in [4.69, 9.17) is 14.7 Å². The molecular weight excluding hydrogens is 536 g/mol. The van der Waals surface area contributed by atoms with Gasteiger partial charge < -0.3 is 20.0 Å². The third-order valence-electron chi connectivity index (χ3n) is 9.57. The van der Waals surface area contributed by atoms with E-state index in [1.807, 2.05) is 31.7 Å². The van der Waals surface area contributed by atoms with Crippen LogP contribution in [-0.4, -0.2) is 48.6 Å². The number of nitrogens with one attached hydrogen (secondary N) is 3. The predicted octanol–water partition coefficient (Wildman–Crippen LogP) is 6.49. The molecule has 43 heavy (non-hydrogen) atoms. The van der Waals surface area contributed by atoms with Gasteiger partial charge in [-0.25, -0.2) is 14.8 Å². The summed E-state index contributed by atoms with van der Waals surface area (Å²) in [5.41, 5.74) is 5.30. The molecule has 0 radical (unpaired) electrons. The fourth-order valence-electron chi connectivity index (χ4n) is 7.28. The number of ether oxygens (including phenoxy) is 1. The third kappa shape index (κ3) is 4.37. The second-order valence-corrected chi connectivity index (χ2v) is 13.9. The van der Waals surface area contributed by atoms with Gasteiger partial charge in [0.05, 0.1) is 34.2 Å². The van der Waals surface area contributed by atoms with Crippen LogP contribution in [0.25, 0.3) is 32.8 Å². The number of aromatic amines is 2. The van der Waals surface area contributed by atoms with Crippen LogP contribution in [0.1, 0.15) is 81.3 Å². The highest BCUT2D eigenvalue weighted by Crippen LogP contribution is 2.53. The minimum atomic E-state index is -0.526. The summed E-state index contributed by atoms with van der Waals surface area (Å²) in [6.45, 7) is 5.74. The number of carbonyl (C=O) groups is 1. The van der Waals surface area contributed by atoms with Crippen LogP contribution in [-0.2, 0) is 4.74 Å². The number of fused-ring (bicyclic) bond motifs is 6. The van der Waals surface area contributed by atoms with E-state index in [1.54, 1.807) is 0 Å². The van der Waals surface area contributed by atoms with Crippen molar-refractivity contribution in [2.24, 2.45) is 11.8 Å². The topological polar surface area (TPSA) is 98.9 Å². The van der Waals surface area contributed by atoms with Crippen LogP contribution in [0.15, 0.2) is 48.5 Å². The Balaban J connectivity index is 0.979. The molecule has 8 heteroatoms. The van der Waals surface area contributed by atoms with Gasteiger partial charge in [-0.3, -0.25) is 4.90 Å². The smallest absolute Gasteiger partial charge is 0.411 e. The summed E-state index contributed by atoms with van der Waals surface area (Å²) in [5.74, 6) is 9.94. The number of carbonyl (C=O) groups excluding carboxylic acids is 1. The Bertz CT molecular complexity index is 2010. The number of rotatable bonds is 2. The maximum Gasteiger partial charge on any atom is 0.411 e. The number of likely N-dealkylation sites (tertiary alicyclic amines) is 1. The van der Waals surface area contributed by atoms with E-state index in [0.717, 1.165) is 74.4 Å². The average Bonchev–Trinajstić information content (AvgIpc) is 3.59. The molecule has 2 saturated heterocycles. The van der Waals surface area contributed by atoms with Crippen molar-refractivity contribution >= 4 is 38.9 Å². The van der Waals surface area contributed by atoms with Gasteiger partial charge in [0.15, 0.2) is 0 Å². The summed E-state index contributed by atoms with van der Waals surface area (Å²) in [5, 5.41) is 5.84. The summed E-state index contributed by atoms with van der Waals surface area (Å²) in [7, 11) is 0. The zero-order valence-corrected chi connectivity index (χ0v) is 24.6. The molecule has 3 N–H and O–H groups in total. The highest BCUT2D eigenvalue weighted by Gasteiger charge is 2.56. The van der Waals surface area contributed by atoms with E-state index in [2.05, 4.69) is 69.6 Å². The molecule has 5 aromatic rings. The summed E-state index contributed by atoms with van der Waals surface area (Å²) >= 11 is 0. The molecule has 216 valence electrons. The lowest BCUT2D eigenvalue weighted by molar-refractivity contribution is 0.0175. The maximum absolute atomic E-state index is 13.1. The molecular formula is C35H34N6O2. The number of amides is 1. The minimum Gasteiger partial charge on any atom is -0.444 e. The van der Waals surface area contributed by atoms with Gasteiger partial charge in [0, 0.05) is 28.6 Å². The second-order valence-electron chi connectivity index (χ2n) is 13.9. The third-order valence-corrected chi connectivity index (χ3v) is 9.57. The molecule has 9 rings (SSSR count). The Morgan fingerprint density at radius 1 is 0.884 bits per heavy atom. The van der Waals surface area contributed by atoms with Crippen molar-refractivity contribution in [2.75, 3.05) is 0 Å². The van der Waals surface area contributed by atoms with Crippen LogP contribution in [0.4, 0.5) is 4.79 Å². The van der Waals surface area contributed by atoms with E-state index in [0.29, 0.717) is 18.0 Å². The van der Waals surface area contributed by atoms with Crippen molar-refractivity contribution in [1.82, 2.24) is 30.2 Å². The van der Waals surface area contributed by atoms with Crippen molar-refractivity contribution in [2.45, 2.75) is 76.2 Å². The highest BCUT2D eigenvalue weighted by atomic mass is 16.6. The van der Waals surface area contributed by atoms with E-state index < -0.39 is 5.60 Å². The monoisotopic (exact) mass is 570 g/mol. The molecule has 3 aromatic carbocycles. The molecule has 2 aliphatic heterocycles. The fraction of sp³-hybridized carbons (Fsp3) is 0.400. The van der Waals surface area contributed by atoms with Gasteiger partial charge in [-0.05, 0) is 100 Å². The lowest BCUT2D eigenvalue weighted by Gasteiger charge is -2.29. The molecule has 2 aromatic heterocycles. The van der Waals surface area contributed by atoms with Crippen molar-refractivity contribution in [1.29, 1.82) is 0 Å². The fourth-order valence-corrected chi connectivity index (χ4v) is 7.28. The van der Waals surface area contributed by atoms with E-state index in [-0.39, 0.29) is 18.2 Å². The van der Waals surface area contributed by atoms with Crippen molar-refractivity contribution < 1.29 is 9.53 Å². The Labute approximate surface area is 249 Å². The van der Waals surface area contributed by atoms with E-state index in [9.17, 15) is 4.79 Å². The van der Waals surface area contributed by atoms with Gasteiger partial charge in [0.2, 0.25) is 0 Å². The van der Waals surface area contributed by atoms with Gasteiger partial charge in [0.25, 0.3) is 0 Å². The Hall–Kier alpha value is -4.35. The molecule has 4 heterocycles. The van der Waals surface area contributed by atoms with Crippen molar-refractivity contribution in [3.05, 3.63) is 71.3 Å². The van der Waals surface area contributed by atoms with Gasteiger partial charge in [0.1, 0.15) is 17.2 Å². The van der Waals surface area contributed by atoms with Gasteiger partial charge in [-0.2, -0.15) is 0 Å². The molecule has 6 atom stereocenters. The van der Waals surface area contributed by atoms with Crippen LogP contribution in [0.2, 0.25) is 0 Å². The number of benzene rings is 3. The van der Waals surface area contributed by atoms with Gasteiger partial charge in [-0.15, -0.1) is 0 Å². The van der Waals surface area contributed by atoms with Crippen LogP contribution < -0.4 is 5.32 Å². The summed E-state index contributed by atoms with van der Waals surface area (Å²) < 4.78 is 5.76. The zero-order chi connectivity index (χ0) is 29.0. The first-order chi connectivity index (χ1) is 20.8. The molecule has 2 saturated carbocycles. The van der Waals surface area contributed by atoms with Crippen LogP contribution >= 0.6 is 0 Å². The highest BCUT2D eigenvalue weighted by molar-refractivity contribution is 6.04. The molecule has 0 bridgehead atoms. The quantitative estimate of drug-likeness (QED) is 0.211. The minimum absolute atomic E-state index is 0.0884. The number of hydrogen-bond donors (Lipinski definition) is 3. The Morgan fingerprint density at radius 3 is 2.51 bits per heavy atom. The van der Waals surface area contributed by atoms with E-state index in [1.165, 1.54) is 12.8 Å². The number of nitrogens with zero attached hydrogens (tertiary/aromatic N) is 3. The molecule has 4 aliphatic rings. The molecule has 2 unspecified atom stereocenters. The molecule has 1 amide bonds. The average molecular weight is 571 g/mol. The van der Waals surface area contributed by atoms with Crippen molar-refractivity contribution in [3.63, 3.8) is 0 Å². The number of piperidine rings is 2. The van der Waals surface area contributed by atoms with Crippen molar-refractivity contribution in [3.8, 4) is 11.8 Å². The first kappa shape index (κ1) is 25.2.